The van der Waals surface area contributed by atoms with Gasteiger partial charge in [0.1, 0.15) is 0 Å². The smallest absolute Gasteiger partial charge is 0.228 e. The molecule has 3 fully saturated rings. The van der Waals surface area contributed by atoms with Crippen LogP contribution in [0.15, 0.2) is 24.5 Å². The fraction of sp³-hybridized carbons (Fsp3) is 0.667. The Morgan fingerprint density at radius 1 is 1.04 bits per heavy atom. The SMILES string of the molecule is CC(C)S(=O)(=O)N1CC(C(=O)N2CC3CN(c4ccncc4)CC3C2)C1. The molecule has 26 heavy (non-hydrogen) atoms. The quantitative estimate of drug-likeness (QED) is 0.769. The summed E-state index contributed by atoms with van der Waals surface area (Å²) in [6.07, 6.45) is 3.62. The van der Waals surface area contributed by atoms with Gasteiger partial charge in [0.2, 0.25) is 15.9 Å². The monoisotopic (exact) mass is 378 g/mol. The van der Waals surface area contributed by atoms with Crippen LogP contribution in [0.4, 0.5) is 5.69 Å². The average Bonchev–Trinajstić information content (AvgIpc) is 3.12. The highest BCUT2D eigenvalue weighted by atomic mass is 32.2. The van der Waals surface area contributed by atoms with Gasteiger partial charge in [-0.05, 0) is 26.0 Å². The van der Waals surface area contributed by atoms with E-state index in [2.05, 4.69) is 9.88 Å². The van der Waals surface area contributed by atoms with Gasteiger partial charge in [0.25, 0.3) is 0 Å². The van der Waals surface area contributed by atoms with E-state index in [1.54, 1.807) is 13.8 Å². The summed E-state index contributed by atoms with van der Waals surface area (Å²) in [5.74, 6) is 0.967. The van der Waals surface area contributed by atoms with Crippen molar-refractivity contribution in [1.82, 2.24) is 14.2 Å². The summed E-state index contributed by atoms with van der Waals surface area (Å²) in [4.78, 5) is 21.1. The number of nitrogens with zero attached hydrogens (tertiary/aromatic N) is 4. The third-order valence-corrected chi connectivity index (χ3v) is 8.19. The van der Waals surface area contributed by atoms with Gasteiger partial charge in [0.15, 0.2) is 0 Å². The van der Waals surface area contributed by atoms with Crippen molar-refractivity contribution in [2.75, 3.05) is 44.2 Å². The number of anilines is 1. The maximum absolute atomic E-state index is 12.7. The molecule has 1 aromatic heterocycles. The molecule has 0 aromatic carbocycles. The molecule has 2 unspecified atom stereocenters. The van der Waals surface area contributed by atoms with Crippen LogP contribution in [0.25, 0.3) is 0 Å². The summed E-state index contributed by atoms with van der Waals surface area (Å²) in [6, 6.07) is 4.06. The molecule has 0 N–H and O–H groups in total. The predicted octanol–water partition coefficient (Wildman–Crippen LogP) is 0.646. The first-order chi connectivity index (χ1) is 12.4. The van der Waals surface area contributed by atoms with Crippen LogP contribution < -0.4 is 4.90 Å². The number of amides is 1. The van der Waals surface area contributed by atoms with Crippen LogP contribution in [0.1, 0.15) is 13.8 Å². The first-order valence-electron chi connectivity index (χ1n) is 9.29. The Balaban J connectivity index is 1.31. The van der Waals surface area contributed by atoms with Gasteiger partial charge < -0.3 is 9.80 Å². The van der Waals surface area contributed by atoms with Crippen molar-refractivity contribution < 1.29 is 13.2 Å². The molecule has 4 rings (SSSR count). The van der Waals surface area contributed by atoms with Gasteiger partial charge in [-0.2, -0.15) is 0 Å². The minimum absolute atomic E-state index is 0.130. The van der Waals surface area contributed by atoms with Crippen molar-refractivity contribution in [3.63, 3.8) is 0 Å². The Morgan fingerprint density at radius 3 is 2.15 bits per heavy atom. The first kappa shape index (κ1) is 17.7. The number of likely N-dealkylation sites (tertiary alicyclic amines) is 1. The normalized spacial score (nSPS) is 27.0. The molecule has 0 radical (unpaired) electrons. The number of rotatable bonds is 4. The molecule has 4 heterocycles. The molecule has 8 heteroatoms. The second-order valence-corrected chi connectivity index (χ2v) is 10.5. The van der Waals surface area contributed by atoms with E-state index in [9.17, 15) is 13.2 Å². The highest BCUT2D eigenvalue weighted by Gasteiger charge is 2.47. The average molecular weight is 378 g/mol. The van der Waals surface area contributed by atoms with Crippen LogP contribution in [0.3, 0.4) is 0 Å². The van der Waals surface area contributed by atoms with Crippen molar-refractivity contribution in [3.8, 4) is 0 Å². The molecule has 1 aromatic rings. The van der Waals surface area contributed by atoms with Crippen molar-refractivity contribution in [2.45, 2.75) is 19.1 Å². The standard InChI is InChI=1S/C18H26N4O3S/c1-13(2)26(24,25)22-11-16(12-22)18(23)21-9-14-7-20(8-15(14)10-21)17-3-5-19-6-4-17/h3-6,13-16H,7-12H2,1-2H3. The fourth-order valence-corrected chi connectivity index (χ4v) is 5.67. The number of hydrogen-bond acceptors (Lipinski definition) is 5. The van der Waals surface area contributed by atoms with E-state index in [1.165, 1.54) is 9.99 Å². The van der Waals surface area contributed by atoms with Gasteiger partial charge in [-0.3, -0.25) is 9.78 Å². The molecule has 0 aliphatic carbocycles. The molecule has 0 saturated carbocycles. The first-order valence-corrected chi connectivity index (χ1v) is 10.8. The van der Waals surface area contributed by atoms with Crippen LogP contribution in [0.2, 0.25) is 0 Å². The van der Waals surface area contributed by atoms with Gasteiger partial charge >= 0.3 is 0 Å². The Labute approximate surface area is 155 Å². The lowest BCUT2D eigenvalue weighted by molar-refractivity contribution is -0.138. The second kappa shape index (κ2) is 6.49. The predicted molar refractivity (Wildman–Crippen MR) is 99.1 cm³/mol. The summed E-state index contributed by atoms with van der Waals surface area (Å²) in [6.45, 7) is 7.56. The number of pyridine rings is 1. The highest BCUT2D eigenvalue weighted by molar-refractivity contribution is 7.89. The molecule has 3 aliphatic rings. The summed E-state index contributed by atoms with van der Waals surface area (Å²) in [5, 5.41) is -0.427. The zero-order valence-electron chi connectivity index (χ0n) is 15.3. The number of carbonyl (C=O) groups is 1. The molecular weight excluding hydrogens is 352 g/mol. The van der Waals surface area contributed by atoms with Crippen molar-refractivity contribution in [2.24, 2.45) is 17.8 Å². The topological polar surface area (TPSA) is 73.8 Å². The summed E-state index contributed by atoms with van der Waals surface area (Å²) in [5.41, 5.74) is 1.20. The fourth-order valence-electron chi connectivity index (χ4n) is 4.30. The number of sulfonamides is 1. The van der Waals surface area contributed by atoms with Gasteiger partial charge in [-0.25, -0.2) is 12.7 Å². The van der Waals surface area contributed by atoms with Crippen LogP contribution in [0, 0.1) is 17.8 Å². The van der Waals surface area contributed by atoms with Crippen molar-refractivity contribution in [1.29, 1.82) is 0 Å². The maximum atomic E-state index is 12.7. The highest BCUT2D eigenvalue weighted by Crippen LogP contribution is 2.35. The summed E-state index contributed by atoms with van der Waals surface area (Å²) >= 11 is 0. The van der Waals surface area contributed by atoms with E-state index in [0.29, 0.717) is 24.9 Å². The Bertz CT molecular complexity index is 763. The number of fused-ring (bicyclic) bond motifs is 1. The number of hydrogen-bond donors (Lipinski definition) is 0. The molecule has 0 bridgehead atoms. The van der Waals surface area contributed by atoms with E-state index >= 15 is 0 Å². The molecule has 0 spiro atoms. The van der Waals surface area contributed by atoms with E-state index in [4.69, 9.17) is 0 Å². The summed E-state index contributed by atoms with van der Waals surface area (Å²) in [7, 11) is -3.23. The minimum Gasteiger partial charge on any atom is -0.371 e. The lowest BCUT2D eigenvalue weighted by Crippen LogP contribution is -2.57. The molecule has 1 amide bonds. The lowest BCUT2D eigenvalue weighted by Gasteiger charge is -2.40. The lowest BCUT2D eigenvalue weighted by atomic mass is 10.0. The van der Waals surface area contributed by atoms with Crippen molar-refractivity contribution >= 4 is 21.6 Å². The third kappa shape index (κ3) is 2.99. The van der Waals surface area contributed by atoms with E-state index in [-0.39, 0.29) is 11.8 Å². The van der Waals surface area contributed by atoms with Crippen LogP contribution in [-0.2, 0) is 14.8 Å². The van der Waals surface area contributed by atoms with Crippen LogP contribution in [0.5, 0.6) is 0 Å². The molecule has 142 valence electrons. The third-order valence-electron chi connectivity index (χ3n) is 5.98. The maximum Gasteiger partial charge on any atom is 0.228 e. The van der Waals surface area contributed by atoms with E-state index in [0.717, 1.165) is 26.2 Å². The van der Waals surface area contributed by atoms with Crippen LogP contribution >= 0.6 is 0 Å². The minimum atomic E-state index is -3.23. The van der Waals surface area contributed by atoms with Gasteiger partial charge in [-0.15, -0.1) is 0 Å². The van der Waals surface area contributed by atoms with Crippen molar-refractivity contribution in [3.05, 3.63) is 24.5 Å². The van der Waals surface area contributed by atoms with Crippen LogP contribution in [-0.4, -0.2) is 73.0 Å². The molecular formula is C18H26N4O3S. The summed E-state index contributed by atoms with van der Waals surface area (Å²) < 4.78 is 25.7. The van der Waals surface area contributed by atoms with E-state index < -0.39 is 15.3 Å². The number of aromatic nitrogens is 1. The number of carbonyl (C=O) groups excluding carboxylic acids is 1. The Morgan fingerprint density at radius 2 is 1.62 bits per heavy atom. The second-order valence-electron chi connectivity index (χ2n) is 7.98. The zero-order chi connectivity index (χ0) is 18.5. The molecule has 3 saturated heterocycles. The van der Waals surface area contributed by atoms with E-state index in [1.807, 2.05) is 29.4 Å². The Hall–Kier alpha value is -1.67. The van der Waals surface area contributed by atoms with Gasteiger partial charge in [0, 0.05) is 69.2 Å². The Kier molecular flexibility index (Phi) is 4.43. The molecule has 2 atom stereocenters. The molecule has 3 aliphatic heterocycles. The zero-order valence-corrected chi connectivity index (χ0v) is 16.1. The molecule has 7 nitrogen and oxygen atoms in total. The largest absolute Gasteiger partial charge is 0.371 e. The van der Waals surface area contributed by atoms with Gasteiger partial charge in [0.05, 0.1) is 11.2 Å². The van der Waals surface area contributed by atoms with Gasteiger partial charge in [-0.1, -0.05) is 0 Å².